The molecule has 0 atom stereocenters. The van der Waals surface area contributed by atoms with E-state index in [2.05, 4.69) is 0 Å². The third-order valence-corrected chi connectivity index (χ3v) is 4.91. The Morgan fingerprint density at radius 2 is 1.58 bits per heavy atom. The summed E-state index contributed by atoms with van der Waals surface area (Å²) in [7, 11) is -2.60. The summed E-state index contributed by atoms with van der Waals surface area (Å²) in [5, 5.41) is 0. The van der Waals surface area contributed by atoms with Crippen LogP contribution in [0, 0.1) is 27.7 Å². The molecule has 2 heterocycles. The molecular formula is C21H23BF2N2. The molecule has 1 aromatic heterocycles. The lowest BCUT2D eigenvalue weighted by molar-refractivity contribution is 0.624. The van der Waals surface area contributed by atoms with Gasteiger partial charge in [0.25, 0.3) is 0 Å². The Kier molecular flexibility index (Phi) is 4.74. The Labute approximate surface area is 154 Å². The number of aliphatic imine (C=N–C) groups is 1. The lowest BCUT2D eigenvalue weighted by Crippen LogP contribution is -2.19. The number of hydrogen-bond donors (Lipinski definition) is 0. The number of nitrogens with zero attached hydrogens (tertiary/aromatic N) is 2. The third-order valence-electron chi connectivity index (χ3n) is 4.91. The Hall–Kier alpha value is -2.43. The first-order chi connectivity index (χ1) is 12.2. The third kappa shape index (κ3) is 2.96. The molecule has 0 saturated heterocycles. The summed E-state index contributed by atoms with van der Waals surface area (Å²) in [6.07, 6.45) is 2.00. The van der Waals surface area contributed by atoms with E-state index in [1.807, 2.05) is 65.0 Å². The molecule has 0 N–H and O–H groups in total. The van der Waals surface area contributed by atoms with Crippen molar-refractivity contribution >= 4 is 18.7 Å². The molecule has 2 aromatic rings. The average molecular weight is 352 g/mol. The van der Waals surface area contributed by atoms with Crippen molar-refractivity contribution in [2.45, 2.75) is 41.5 Å². The summed E-state index contributed by atoms with van der Waals surface area (Å²) < 4.78 is 29.0. The van der Waals surface area contributed by atoms with Crippen LogP contribution < -0.4 is 0 Å². The fourth-order valence-corrected chi connectivity index (χ4v) is 3.88. The molecule has 0 aliphatic carbocycles. The van der Waals surface area contributed by atoms with Crippen molar-refractivity contribution in [2.75, 3.05) is 0 Å². The van der Waals surface area contributed by atoms with Crippen molar-refractivity contribution in [1.82, 2.24) is 4.48 Å². The van der Waals surface area contributed by atoms with Crippen LogP contribution in [-0.2, 0) is 0 Å². The quantitative estimate of drug-likeness (QED) is 0.633. The number of rotatable bonds is 3. The summed E-state index contributed by atoms with van der Waals surface area (Å²) in [5.41, 5.74) is 8.49. The molecule has 0 fully saturated rings. The molecule has 1 aliphatic heterocycles. The molecule has 0 amide bonds. The Bertz CT molecular complexity index is 958. The van der Waals surface area contributed by atoms with E-state index in [1.165, 1.54) is 0 Å². The Balaban J connectivity index is 2.48. The molecular weight excluding hydrogens is 329 g/mol. The largest absolute Gasteiger partial charge is 0.677 e. The van der Waals surface area contributed by atoms with Gasteiger partial charge in [0.2, 0.25) is 0 Å². The van der Waals surface area contributed by atoms with E-state index >= 15 is 0 Å². The molecule has 1 aromatic carbocycles. The summed E-state index contributed by atoms with van der Waals surface area (Å²) in [6, 6.07) is 7.85. The van der Waals surface area contributed by atoms with Crippen molar-refractivity contribution < 1.29 is 8.63 Å². The van der Waals surface area contributed by atoms with E-state index in [0.717, 1.165) is 49.3 Å². The van der Waals surface area contributed by atoms with Gasteiger partial charge in [-0.25, -0.2) is 0 Å². The fourth-order valence-electron chi connectivity index (χ4n) is 3.88. The predicted octanol–water partition coefficient (Wildman–Crippen LogP) is 5.67. The Morgan fingerprint density at radius 3 is 2.08 bits per heavy atom. The minimum atomic E-state index is -2.60. The number of aromatic nitrogens is 1. The fraction of sp³-hybridized carbons (Fsp3) is 0.286. The van der Waals surface area contributed by atoms with Gasteiger partial charge >= 0.3 is 7.40 Å². The molecule has 0 bridgehead atoms. The zero-order valence-electron chi connectivity index (χ0n) is 16.1. The molecule has 0 spiro atoms. The van der Waals surface area contributed by atoms with Crippen LogP contribution in [0.2, 0.25) is 0 Å². The predicted molar refractivity (Wildman–Crippen MR) is 106 cm³/mol. The smallest absolute Gasteiger partial charge is 0.329 e. The van der Waals surface area contributed by atoms with E-state index in [9.17, 15) is 8.63 Å². The molecule has 0 saturated carbocycles. The summed E-state index contributed by atoms with van der Waals surface area (Å²) in [6.45, 7) is 11.6. The minimum Gasteiger partial charge on any atom is -0.329 e. The second-order valence-corrected chi connectivity index (χ2v) is 7.04. The maximum Gasteiger partial charge on any atom is 0.677 e. The van der Waals surface area contributed by atoms with Gasteiger partial charge in [0.05, 0.1) is 5.70 Å². The van der Waals surface area contributed by atoms with E-state index in [1.54, 1.807) is 6.92 Å². The van der Waals surface area contributed by atoms with Crippen LogP contribution >= 0.6 is 0 Å². The van der Waals surface area contributed by atoms with Crippen molar-refractivity contribution in [3.05, 3.63) is 75.3 Å². The van der Waals surface area contributed by atoms with Crippen molar-refractivity contribution in [3.63, 3.8) is 0 Å². The first-order valence-corrected chi connectivity index (χ1v) is 8.74. The highest BCUT2D eigenvalue weighted by atomic mass is 19.2. The van der Waals surface area contributed by atoms with Gasteiger partial charge < -0.3 is 4.48 Å². The SMILES string of the molecule is CC1=CC(C)=N/C1=C(/c1c(C)cccc1C)c1c(C)cc(C)n1B(F)F. The Morgan fingerprint density at radius 1 is 0.962 bits per heavy atom. The number of allylic oxidation sites excluding steroid dienone is 2. The summed E-state index contributed by atoms with van der Waals surface area (Å²) in [5.74, 6) is 0. The van der Waals surface area contributed by atoms with Crippen molar-refractivity contribution in [3.8, 4) is 0 Å². The van der Waals surface area contributed by atoms with E-state index in [0.29, 0.717) is 11.4 Å². The zero-order chi connectivity index (χ0) is 19.2. The molecule has 0 unspecified atom stereocenters. The van der Waals surface area contributed by atoms with Crippen LogP contribution in [0.4, 0.5) is 8.63 Å². The van der Waals surface area contributed by atoms with Crippen LogP contribution in [0.15, 0.2) is 46.6 Å². The van der Waals surface area contributed by atoms with Crippen LogP contribution in [0.25, 0.3) is 5.57 Å². The van der Waals surface area contributed by atoms with Gasteiger partial charge in [-0.15, -0.1) is 0 Å². The number of halogens is 2. The number of hydrogen-bond acceptors (Lipinski definition) is 1. The van der Waals surface area contributed by atoms with E-state index in [4.69, 9.17) is 4.99 Å². The highest BCUT2D eigenvalue weighted by Gasteiger charge is 2.30. The van der Waals surface area contributed by atoms with E-state index in [-0.39, 0.29) is 0 Å². The standard InChI is InChI=1S/C21H23BF2N2/c1-12-8-7-9-13(2)18(12)19(20-14(3)10-16(5)25-20)21-15(4)11-17(6)26(21)22(23)24/h7-11H,1-6H3/b20-19-. The average Bonchev–Trinajstić information content (AvgIpc) is 3.01. The molecule has 1 aliphatic rings. The van der Waals surface area contributed by atoms with Gasteiger partial charge in [-0.3, -0.25) is 13.6 Å². The second kappa shape index (κ2) is 6.71. The lowest BCUT2D eigenvalue weighted by Gasteiger charge is -2.20. The van der Waals surface area contributed by atoms with Crippen molar-refractivity contribution in [1.29, 1.82) is 0 Å². The molecule has 2 nitrogen and oxygen atoms in total. The van der Waals surface area contributed by atoms with Crippen molar-refractivity contribution in [2.24, 2.45) is 4.99 Å². The summed E-state index contributed by atoms with van der Waals surface area (Å²) in [4.78, 5) is 4.70. The lowest BCUT2D eigenvalue weighted by atomic mass is 9.89. The van der Waals surface area contributed by atoms with Gasteiger partial charge in [0, 0.05) is 22.7 Å². The van der Waals surface area contributed by atoms with Crippen LogP contribution in [-0.4, -0.2) is 17.6 Å². The number of aryl methyl sites for hydroxylation is 4. The van der Waals surface area contributed by atoms with Crippen LogP contribution in [0.1, 0.15) is 47.5 Å². The first-order valence-electron chi connectivity index (χ1n) is 8.74. The second-order valence-electron chi connectivity index (χ2n) is 7.04. The normalized spacial score (nSPS) is 15.8. The highest BCUT2D eigenvalue weighted by molar-refractivity contribution is 6.41. The highest BCUT2D eigenvalue weighted by Crippen LogP contribution is 2.39. The zero-order valence-corrected chi connectivity index (χ0v) is 16.1. The summed E-state index contributed by atoms with van der Waals surface area (Å²) >= 11 is 0. The maximum atomic E-state index is 13.9. The van der Waals surface area contributed by atoms with Gasteiger partial charge in [0.1, 0.15) is 0 Å². The topological polar surface area (TPSA) is 17.3 Å². The molecule has 26 heavy (non-hydrogen) atoms. The van der Waals surface area contributed by atoms with Gasteiger partial charge in [-0.2, -0.15) is 0 Å². The maximum absolute atomic E-state index is 13.9. The van der Waals surface area contributed by atoms with Gasteiger partial charge in [-0.1, -0.05) is 18.2 Å². The first kappa shape index (κ1) is 18.4. The van der Waals surface area contributed by atoms with Crippen LogP contribution in [0.3, 0.4) is 0 Å². The minimum absolute atomic E-state index is 0.552. The van der Waals surface area contributed by atoms with Gasteiger partial charge in [0.15, 0.2) is 0 Å². The monoisotopic (exact) mass is 352 g/mol. The van der Waals surface area contributed by atoms with Gasteiger partial charge in [-0.05, 0) is 81.5 Å². The molecule has 134 valence electrons. The molecule has 3 rings (SSSR count). The van der Waals surface area contributed by atoms with E-state index < -0.39 is 7.40 Å². The molecule has 0 radical (unpaired) electrons. The van der Waals surface area contributed by atoms with Crippen LogP contribution in [0.5, 0.6) is 0 Å². The molecule has 5 heteroatoms. The number of benzene rings is 1.